The zero-order valence-corrected chi connectivity index (χ0v) is 17.1. The van der Waals surface area contributed by atoms with Crippen LogP contribution in [0, 0.1) is 0 Å². The third-order valence-electron chi connectivity index (χ3n) is 5.36. The molecule has 6 heteroatoms. The minimum atomic E-state index is 0.0122. The molecule has 0 N–H and O–H groups in total. The maximum Gasteiger partial charge on any atom is 0.253 e. The Kier molecular flexibility index (Phi) is 6.62. The average Bonchev–Trinajstić information content (AvgIpc) is 3.16. The van der Waals surface area contributed by atoms with Gasteiger partial charge in [-0.05, 0) is 59.0 Å². The molecule has 6 nitrogen and oxygen atoms in total. The van der Waals surface area contributed by atoms with Gasteiger partial charge in [0, 0.05) is 49.1 Å². The second-order valence-electron chi connectivity index (χ2n) is 7.86. The molecule has 0 aliphatic carbocycles. The van der Waals surface area contributed by atoms with Gasteiger partial charge in [-0.3, -0.25) is 9.59 Å². The summed E-state index contributed by atoms with van der Waals surface area (Å²) in [5, 5.41) is 0. The van der Waals surface area contributed by atoms with Crippen LogP contribution in [0.2, 0.25) is 0 Å². The summed E-state index contributed by atoms with van der Waals surface area (Å²) < 4.78 is 2.24. The van der Waals surface area contributed by atoms with Gasteiger partial charge in [0.2, 0.25) is 0 Å². The van der Waals surface area contributed by atoms with Gasteiger partial charge in [-0.1, -0.05) is 12.1 Å². The van der Waals surface area contributed by atoms with Crippen molar-refractivity contribution < 1.29 is 9.59 Å². The van der Waals surface area contributed by atoms with Crippen LogP contribution in [0.5, 0.6) is 0 Å². The van der Waals surface area contributed by atoms with Gasteiger partial charge >= 0.3 is 0 Å². The fraction of sp³-hybridized carbons (Fsp3) is 0.500. The number of piperidine rings is 1. The van der Waals surface area contributed by atoms with Crippen LogP contribution < -0.4 is 0 Å². The van der Waals surface area contributed by atoms with E-state index in [0.29, 0.717) is 17.7 Å². The first-order valence-corrected chi connectivity index (χ1v) is 10.0. The standard InChI is InChI=1S/C22H30N4O2/c1-17(27)18-7-9-19(10-8-18)22(28)26-13-4-6-20(16-26)21-23-11-15-25(21)14-5-12-24(2)3/h7-11,15,20H,4-6,12-14,16H2,1-3H3/t20-/m0/s1. The number of nitrogens with zero attached hydrogens (tertiary/aromatic N) is 4. The van der Waals surface area contributed by atoms with Crippen molar-refractivity contribution in [3.05, 3.63) is 53.6 Å². The topological polar surface area (TPSA) is 58.4 Å². The Hall–Kier alpha value is -2.47. The van der Waals surface area contributed by atoms with Crippen LogP contribution in [-0.2, 0) is 6.54 Å². The van der Waals surface area contributed by atoms with Gasteiger partial charge in [-0.15, -0.1) is 0 Å². The van der Waals surface area contributed by atoms with Crippen molar-refractivity contribution >= 4 is 11.7 Å². The normalized spacial score (nSPS) is 17.1. The number of rotatable bonds is 7. The number of hydrogen-bond donors (Lipinski definition) is 0. The third kappa shape index (κ3) is 4.87. The molecule has 0 bridgehead atoms. The molecule has 0 spiro atoms. The van der Waals surface area contributed by atoms with Gasteiger partial charge < -0.3 is 14.4 Å². The van der Waals surface area contributed by atoms with Crippen LogP contribution in [0.4, 0.5) is 0 Å². The van der Waals surface area contributed by atoms with Crippen molar-refractivity contribution in [3.63, 3.8) is 0 Å². The summed E-state index contributed by atoms with van der Waals surface area (Å²) in [6.07, 6.45) is 7.02. The van der Waals surface area contributed by atoms with Crippen LogP contribution in [-0.4, -0.2) is 64.8 Å². The fourth-order valence-corrected chi connectivity index (χ4v) is 3.83. The van der Waals surface area contributed by atoms with Crippen LogP contribution in [0.15, 0.2) is 36.7 Å². The van der Waals surface area contributed by atoms with Crippen molar-refractivity contribution in [1.29, 1.82) is 0 Å². The Balaban J connectivity index is 1.66. The van der Waals surface area contributed by atoms with Crippen LogP contribution in [0.3, 0.4) is 0 Å². The Morgan fingerprint density at radius 2 is 1.89 bits per heavy atom. The highest BCUT2D eigenvalue weighted by Gasteiger charge is 2.28. The molecule has 150 valence electrons. The van der Waals surface area contributed by atoms with Gasteiger partial charge in [0.25, 0.3) is 5.91 Å². The second kappa shape index (κ2) is 9.15. The van der Waals surface area contributed by atoms with Gasteiger partial charge in [0.05, 0.1) is 0 Å². The minimum absolute atomic E-state index is 0.0122. The van der Waals surface area contributed by atoms with E-state index in [-0.39, 0.29) is 17.6 Å². The number of ketones is 1. The van der Waals surface area contributed by atoms with Crippen LogP contribution in [0.25, 0.3) is 0 Å². The Bertz CT molecular complexity index is 810. The monoisotopic (exact) mass is 382 g/mol. The zero-order valence-electron chi connectivity index (χ0n) is 17.1. The van der Waals surface area contributed by atoms with Gasteiger partial charge in [0.1, 0.15) is 5.82 Å². The lowest BCUT2D eigenvalue weighted by molar-refractivity contribution is 0.0703. The molecule has 1 aliphatic heterocycles. The third-order valence-corrected chi connectivity index (χ3v) is 5.36. The summed E-state index contributed by atoms with van der Waals surface area (Å²) in [7, 11) is 4.17. The van der Waals surface area contributed by atoms with Crippen molar-refractivity contribution in [2.45, 2.75) is 38.6 Å². The van der Waals surface area contributed by atoms with Gasteiger partial charge in [-0.2, -0.15) is 0 Å². The predicted molar refractivity (Wildman–Crippen MR) is 110 cm³/mol. The summed E-state index contributed by atoms with van der Waals surface area (Å²) in [5.74, 6) is 1.40. The number of benzene rings is 1. The number of amides is 1. The molecule has 1 saturated heterocycles. The van der Waals surface area contributed by atoms with E-state index in [0.717, 1.165) is 44.7 Å². The van der Waals surface area contributed by atoms with Crippen molar-refractivity contribution in [2.24, 2.45) is 0 Å². The quantitative estimate of drug-likeness (QED) is 0.691. The molecule has 1 aromatic carbocycles. The maximum absolute atomic E-state index is 12.9. The average molecular weight is 383 g/mol. The number of Topliss-reactive ketones (excluding diaryl/α,β-unsaturated/α-hetero) is 1. The minimum Gasteiger partial charge on any atom is -0.338 e. The first-order valence-electron chi connectivity index (χ1n) is 10.0. The number of carbonyl (C=O) groups excluding carboxylic acids is 2. The molecule has 1 aromatic heterocycles. The lowest BCUT2D eigenvalue weighted by atomic mass is 9.96. The number of aromatic nitrogens is 2. The highest BCUT2D eigenvalue weighted by Crippen LogP contribution is 2.27. The number of hydrogen-bond acceptors (Lipinski definition) is 4. The van der Waals surface area contributed by atoms with E-state index in [9.17, 15) is 9.59 Å². The Morgan fingerprint density at radius 3 is 2.57 bits per heavy atom. The summed E-state index contributed by atoms with van der Waals surface area (Å²) in [6, 6.07) is 6.97. The summed E-state index contributed by atoms with van der Waals surface area (Å²) in [5.41, 5.74) is 1.27. The first-order chi connectivity index (χ1) is 13.5. The molecular formula is C22H30N4O2. The van der Waals surface area contributed by atoms with Crippen molar-refractivity contribution in [2.75, 3.05) is 33.7 Å². The van der Waals surface area contributed by atoms with Crippen LogP contribution in [0.1, 0.15) is 58.6 Å². The van der Waals surface area contributed by atoms with E-state index in [4.69, 9.17) is 0 Å². The van der Waals surface area contributed by atoms with E-state index in [1.165, 1.54) is 6.92 Å². The number of carbonyl (C=O) groups is 2. The number of imidazole rings is 1. The smallest absolute Gasteiger partial charge is 0.253 e. The lowest BCUT2D eigenvalue weighted by Crippen LogP contribution is -2.39. The number of likely N-dealkylation sites (tertiary alicyclic amines) is 1. The molecule has 2 heterocycles. The first kappa shape index (κ1) is 20.3. The Labute approximate surface area is 167 Å². The van der Waals surface area contributed by atoms with E-state index in [2.05, 4.69) is 28.5 Å². The lowest BCUT2D eigenvalue weighted by Gasteiger charge is -2.33. The van der Waals surface area contributed by atoms with Gasteiger partial charge in [-0.25, -0.2) is 4.98 Å². The van der Waals surface area contributed by atoms with E-state index in [1.807, 2.05) is 17.3 Å². The molecule has 3 rings (SSSR count). The summed E-state index contributed by atoms with van der Waals surface area (Å²) in [4.78, 5) is 33.1. The van der Waals surface area contributed by atoms with Crippen molar-refractivity contribution in [1.82, 2.24) is 19.4 Å². The van der Waals surface area contributed by atoms with E-state index < -0.39 is 0 Å². The Morgan fingerprint density at radius 1 is 1.18 bits per heavy atom. The molecule has 0 saturated carbocycles. The molecule has 1 fully saturated rings. The SMILES string of the molecule is CC(=O)c1ccc(C(=O)N2CCC[C@H](c3nccn3CCCN(C)C)C2)cc1. The molecule has 28 heavy (non-hydrogen) atoms. The predicted octanol–water partition coefficient (Wildman–Crippen LogP) is 3.06. The van der Waals surface area contributed by atoms with Gasteiger partial charge in [0.15, 0.2) is 5.78 Å². The molecule has 0 radical (unpaired) electrons. The molecule has 0 unspecified atom stereocenters. The second-order valence-corrected chi connectivity index (χ2v) is 7.86. The molecule has 1 aliphatic rings. The number of aryl methyl sites for hydroxylation is 1. The van der Waals surface area contributed by atoms with Crippen LogP contribution >= 0.6 is 0 Å². The maximum atomic E-state index is 12.9. The molecule has 2 aromatic rings. The van der Waals surface area contributed by atoms with Crippen molar-refractivity contribution in [3.8, 4) is 0 Å². The zero-order chi connectivity index (χ0) is 20.1. The molecular weight excluding hydrogens is 352 g/mol. The highest BCUT2D eigenvalue weighted by molar-refractivity contribution is 5.97. The highest BCUT2D eigenvalue weighted by atomic mass is 16.2. The molecule has 1 atom stereocenters. The fourth-order valence-electron chi connectivity index (χ4n) is 3.83. The summed E-state index contributed by atoms with van der Waals surface area (Å²) >= 11 is 0. The molecule has 1 amide bonds. The van der Waals surface area contributed by atoms with E-state index in [1.54, 1.807) is 24.3 Å². The van der Waals surface area contributed by atoms with E-state index >= 15 is 0 Å². The largest absolute Gasteiger partial charge is 0.338 e. The summed E-state index contributed by atoms with van der Waals surface area (Å²) in [6.45, 7) is 4.99.